The zero-order valence-corrected chi connectivity index (χ0v) is 11.0. The Morgan fingerprint density at radius 1 is 1.44 bits per heavy atom. The van der Waals surface area contributed by atoms with Gasteiger partial charge < -0.3 is 10.5 Å². The lowest BCUT2D eigenvalue weighted by molar-refractivity contribution is 0.00951. The molecular formula is C14H20N2O2. The summed E-state index contributed by atoms with van der Waals surface area (Å²) >= 11 is 0. The lowest BCUT2D eigenvalue weighted by Gasteiger charge is -2.33. The molecule has 1 aliphatic carbocycles. The van der Waals surface area contributed by atoms with Gasteiger partial charge in [0.15, 0.2) is 0 Å². The molecule has 1 heterocycles. The highest BCUT2D eigenvalue weighted by atomic mass is 16.5. The second-order valence-corrected chi connectivity index (χ2v) is 5.74. The zero-order chi connectivity index (χ0) is 13.2. The van der Waals surface area contributed by atoms with Crippen molar-refractivity contribution < 1.29 is 9.53 Å². The minimum atomic E-state index is -0.297. The fraction of sp³-hybridized carbons (Fsp3) is 0.571. The summed E-state index contributed by atoms with van der Waals surface area (Å²) in [7, 11) is 0. The van der Waals surface area contributed by atoms with Crippen LogP contribution in [0.15, 0.2) is 18.3 Å². The van der Waals surface area contributed by atoms with Crippen molar-refractivity contribution in [3.63, 3.8) is 0 Å². The van der Waals surface area contributed by atoms with E-state index in [4.69, 9.17) is 10.5 Å². The monoisotopic (exact) mass is 248 g/mol. The van der Waals surface area contributed by atoms with E-state index < -0.39 is 0 Å². The van der Waals surface area contributed by atoms with Crippen LogP contribution in [0.25, 0.3) is 0 Å². The first-order chi connectivity index (χ1) is 8.46. The highest BCUT2D eigenvalue weighted by molar-refractivity contribution is 5.90. The normalized spacial score (nSPS) is 19.4. The second kappa shape index (κ2) is 4.96. The quantitative estimate of drug-likeness (QED) is 0.817. The topological polar surface area (TPSA) is 65.2 Å². The number of anilines is 1. The Hall–Kier alpha value is -1.58. The number of pyridine rings is 1. The third-order valence-corrected chi connectivity index (χ3v) is 3.58. The maximum Gasteiger partial charge on any atom is 0.338 e. The van der Waals surface area contributed by atoms with Crippen LogP contribution in [0.5, 0.6) is 0 Å². The minimum absolute atomic E-state index is 0.0416. The molecule has 98 valence electrons. The van der Waals surface area contributed by atoms with Gasteiger partial charge in [0, 0.05) is 6.20 Å². The first-order valence-electron chi connectivity index (χ1n) is 6.39. The number of carbonyl (C=O) groups excluding carboxylic acids is 1. The van der Waals surface area contributed by atoms with Crippen molar-refractivity contribution in [2.75, 3.05) is 5.73 Å². The van der Waals surface area contributed by atoms with Gasteiger partial charge in [0.2, 0.25) is 0 Å². The molecule has 0 aliphatic heterocycles. The molecule has 2 rings (SSSR count). The third kappa shape index (κ3) is 3.22. The minimum Gasteiger partial charge on any atom is -0.459 e. The Labute approximate surface area is 108 Å². The van der Waals surface area contributed by atoms with Gasteiger partial charge >= 0.3 is 5.97 Å². The van der Waals surface area contributed by atoms with Gasteiger partial charge in [-0.2, -0.15) is 0 Å². The van der Waals surface area contributed by atoms with Crippen LogP contribution in [0.4, 0.5) is 5.82 Å². The molecule has 1 aliphatic rings. The molecule has 0 aromatic carbocycles. The van der Waals surface area contributed by atoms with E-state index in [-0.39, 0.29) is 12.1 Å². The molecule has 0 atom stereocenters. The van der Waals surface area contributed by atoms with Gasteiger partial charge in [0.1, 0.15) is 11.9 Å². The van der Waals surface area contributed by atoms with Gasteiger partial charge in [0.05, 0.1) is 5.56 Å². The Morgan fingerprint density at radius 2 is 2.11 bits per heavy atom. The van der Waals surface area contributed by atoms with Crippen LogP contribution in [0.1, 0.15) is 49.9 Å². The van der Waals surface area contributed by atoms with Gasteiger partial charge in [0.25, 0.3) is 0 Å². The van der Waals surface area contributed by atoms with Gasteiger partial charge in [-0.25, -0.2) is 9.78 Å². The average molecular weight is 248 g/mol. The number of hydrogen-bond donors (Lipinski definition) is 1. The number of nitrogen functional groups attached to an aromatic ring is 1. The van der Waals surface area contributed by atoms with Crippen molar-refractivity contribution in [2.45, 2.75) is 45.6 Å². The largest absolute Gasteiger partial charge is 0.459 e. The lowest BCUT2D eigenvalue weighted by atomic mass is 9.76. The molecule has 4 heteroatoms. The van der Waals surface area contributed by atoms with Gasteiger partial charge in [-0.05, 0) is 43.2 Å². The van der Waals surface area contributed by atoms with Crippen molar-refractivity contribution in [3.05, 3.63) is 23.9 Å². The van der Waals surface area contributed by atoms with Crippen molar-refractivity contribution in [1.29, 1.82) is 0 Å². The lowest BCUT2D eigenvalue weighted by Crippen LogP contribution is -2.28. The molecule has 0 bridgehead atoms. The summed E-state index contributed by atoms with van der Waals surface area (Å²) in [5, 5.41) is 0. The van der Waals surface area contributed by atoms with Gasteiger partial charge in [-0.1, -0.05) is 13.8 Å². The van der Waals surface area contributed by atoms with Crippen LogP contribution in [-0.2, 0) is 4.74 Å². The Kier molecular flexibility index (Phi) is 3.55. The standard InChI is InChI=1S/C14H20N2O2/c1-14(2)6-3-11(4-7-14)18-13(17)10-5-8-16-12(15)9-10/h5,8-9,11H,3-4,6-7H2,1-2H3,(H2,15,16). The molecule has 18 heavy (non-hydrogen) atoms. The molecule has 1 saturated carbocycles. The van der Waals surface area contributed by atoms with Crippen LogP contribution in [0, 0.1) is 5.41 Å². The van der Waals surface area contributed by atoms with E-state index >= 15 is 0 Å². The molecule has 0 radical (unpaired) electrons. The fourth-order valence-electron chi connectivity index (χ4n) is 2.29. The molecule has 1 aromatic heterocycles. The third-order valence-electron chi connectivity index (χ3n) is 3.58. The summed E-state index contributed by atoms with van der Waals surface area (Å²) in [6.45, 7) is 4.52. The molecule has 2 N–H and O–H groups in total. The van der Waals surface area contributed by atoms with E-state index in [0.717, 1.165) is 25.7 Å². The molecule has 1 fully saturated rings. The number of nitrogens with zero attached hydrogens (tertiary/aromatic N) is 1. The summed E-state index contributed by atoms with van der Waals surface area (Å²) in [6.07, 6.45) is 5.65. The number of esters is 1. The number of rotatable bonds is 2. The van der Waals surface area contributed by atoms with Crippen LogP contribution >= 0.6 is 0 Å². The molecule has 4 nitrogen and oxygen atoms in total. The highest BCUT2D eigenvalue weighted by Gasteiger charge is 2.29. The fourth-order valence-corrected chi connectivity index (χ4v) is 2.29. The second-order valence-electron chi connectivity index (χ2n) is 5.74. The van der Waals surface area contributed by atoms with Crippen molar-refractivity contribution in [3.8, 4) is 0 Å². The van der Waals surface area contributed by atoms with E-state index in [9.17, 15) is 4.79 Å². The van der Waals surface area contributed by atoms with E-state index in [0.29, 0.717) is 16.8 Å². The van der Waals surface area contributed by atoms with Crippen molar-refractivity contribution in [1.82, 2.24) is 4.98 Å². The summed E-state index contributed by atoms with van der Waals surface area (Å²) < 4.78 is 5.50. The van der Waals surface area contributed by atoms with Crippen molar-refractivity contribution in [2.24, 2.45) is 5.41 Å². The predicted octanol–water partition coefficient (Wildman–Crippen LogP) is 2.79. The smallest absolute Gasteiger partial charge is 0.338 e. The predicted molar refractivity (Wildman–Crippen MR) is 70.1 cm³/mol. The van der Waals surface area contributed by atoms with E-state index in [1.54, 1.807) is 12.1 Å². The van der Waals surface area contributed by atoms with Crippen LogP contribution in [-0.4, -0.2) is 17.1 Å². The maximum atomic E-state index is 11.9. The molecule has 1 aromatic rings. The first kappa shape index (κ1) is 12.9. The van der Waals surface area contributed by atoms with Gasteiger partial charge in [-0.3, -0.25) is 0 Å². The molecule has 0 amide bonds. The van der Waals surface area contributed by atoms with Crippen molar-refractivity contribution >= 4 is 11.8 Å². The number of ether oxygens (including phenoxy) is 1. The molecule has 0 unspecified atom stereocenters. The average Bonchev–Trinajstić information content (AvgIpc) is 2.32. The SMILES string of the molecule is CC1(C)CCC(OC(=O)c2ccnc(N)c2)CC1. The highest BCUT2D eigenvalue weighted by Crippen LogP contribution is 2.36. The van der Waals surface area contributed by atoms with E-state index in [1.807, 2.05) is 0 Å². The summed E-state index contributed by atoms with van der Waals surface area (Å²) in [5.74, 6) is 0.0445. The van der Waals surface area contributed by atoms with Crippen LogP contribution in [0.2, 0.25) is 0 Å². The Balaban J connectivity index is 1.93. The Morgan fingerprint density at radius 3 is 2.72 bits per heavy atom. The maximum absolute atomic E-state index is 11.9. The Bertz CT molecular complexity index is 433. The van der Waals surface area contributed by atoms with E-state index in [1.165, 1.54) is 6.20 Å². The number of nitrogens with two attached hydrogens (primary N) is 1. The summed E-state index contributed by atoms with van der Waals surface area (Å²) in [5.41, 5.74) is 6.40. The van der Waals surface area contributed by atoms with Gasteiger partial charge in [-0.15, -0.1) is 0 Å². The van der Waals surface area contributed by atoms with E-state index in [2.05, 4.69) is 18.8 Å². The number of hydrogen-bond acceptors (Lipinski definition) is 4. The molecule has 0 saturated heterocycles. The number of aromatic nitrogens is 1. The summed E-state index contributed by atoms with van der Waals surface area (Å²) in [4.78, 5) is 15.8. The van der Waals surface area contributed by atoms with Crippen LogP contribution < -0.4 is 5.73 Å². The molecule has 0 spiro atoms. The zero-order valence-electron chi connectivity index (χ0n) is 11.0. The van der Waals surface area contributed by atoms with Crippen LogP contribution in [0.3, 0.4) is 0 Å². The molecular weight excluding hydrogens is 228 g/mol. The summed E-state index contributed by atoms with van der Waals surface area (Å²) in [6, 6.07) is 3.18. The number of carbonyl (C=O) groups is 1. The first-order valence-corrected chi connectivity index (χ1v) is 6.39.